The van der Waals surface area contributed by atoms with Crippen LogP contribution in [0.15, 0.2) is 0 Å². The largest absolute Gasteiger partial charge is 0.481 e. The second kappa shape index (κ2) is 3.61. The Bertz CT molecular complexity index is 164. The zero-order valence-corrected chi connectivity index (χ0v) is 3.64. The van der Waals surface area contributed by atoms with Crippen LogP contribution < -0.4 is 5.73 Å². The molecule has 0 heterocycles. The van der Waals surface area contributed by atoms with E-state index in [4.69, 9.17) is 16.3 Å². The highest BCUT2D eigenvalue weighted by Crippen LogP contribution is 1.82. The molecule has 7 heavy (non-hydrogen) atoms. The second-order valence-corrected chi connectivity index (χ2v) is 0.863. The maximum Gasteiger partial charge on any atom is 0.303 e. The van der Waals surface area contributed by atoms with Gasteiger partial charge in [-0.05, 0) is 12.9 Å². The van der Waals surface area contributed by atoms with Crippen molar-refractivity contribution < 1.29 is 15.4 Å². The molecule has 0 saturated carbocycles. The number of carbonyl (C=O) groups is 1. The van der Waals surface area contributed by atoms with E-state index < -0.39 is 25.3 Å². The first-order chi connectivity index (χ1) is 4.65. The van der Waals surface area contributed by atoms with Crippen molar-refractivity contribution in [2.45, 2.75) is 12.8 Å². The van der Waals surface area contributed by atoms with Crippen LogP contribution in [-0.2, 0) is 4.79 Å². The monoisotopic (exact) mass is 107 g/mol. The van der Waals surface area contributed by atoms with Gasteiger partial charge in [0.25, 0.3) is 0 Å². The molecular weight excluding hydrogens is 94.0 g/mol. The first-order valence-corrected chi connectivity index (χ1v) is 1.67. The molecule has 3 nitrogen and oxygen atoms in total. The van der Waals surface area contributed by atoms with Crippen molar-refractivity contribution in [1.29, 1.82) is 0 Å². The molecule has 0 aliphatic carbocycles. The molecule has 0 aromatic rings. The van der Waals surface area contributed by atoms with Crippen molar-refractivity contribution in [3.05, 3.63) is 0 Å². The maximum absolute atomic E-state index is 10.1. The van der Waals surface area contributed by atoms with E-state index in [0.29, 0.717) is 0 Å². The summed E-state index contributed by atoms with van der Waals surface area (Å²) < 4.78 is 27.0. The van der Waals surface area contributed by atoms with Crippen molar-refractivity contribution in [2.24, 2.45) is 5.73 Å². The van der Waals surface area contributed by atoms with Gasteiger partial charge in [-0.2, -0.15) is 0 Å². The molecule has 0 atom stereocenters. The lowest BCUT2D eigenvalue weighted by atomic mass is 10.3. The number of rotatable bonds is 3. The van der Waals surface area contributed by atoms with Crippen LogP contribution in [0.4, 0.5) is 0 Å². The van der Waals surface area contributed by atoms with Crippen molar-refractivity contribution >= 4 is 5.97 Å². The Kier molecular flexibility index (Phi) is 1.10. The number of hydrogen-bond donors (Lipinski definition) is 2. The first-order valence-electron chi connectivity index (χ1n) is 3.67. The summed E-state index contributed by atoms with van der Waals surface area (Å²) in [5.74, 6) is -1.70. The summed E-state index contributed by atoms with van der Waals surface area (Å²) in [5.41, 5.74) is 4.79. The Morgan fingerprint density at radius 1 is 2.00 bits per heavy atom. The summed E-state index contributed by atoms with van der Waals surface area (Å²) in [6.07, 6.45) is -3.45. The lowest BCUT2D eigenvalue weighted by molar-refractivity contribution is -0.137. The van der Waals surface area contributed by atoms with Crippen molar-refractivity contribution in [2.75, 3.05) is 6.50 Å². The molecule has 0 radical (unpaired) electrons. The summed E-state index contributed by atoms with van der Waals surface area (Å²) in [6.45, 7) is -2.29. The quantitative estimate of drug-likeness (QED) is 0.525. The Balaban J connectivity index is 4.25. The van der Waals surface area contributed by atoms with Crippen LogP contribution in [0.5, 0.6) is 0 Å². The minimum Gasteiger partial charge on any atom is -0.481 e. The smallest absolute Gasteiger partial charge is 0.303 e. The maximum atomic E-state index is 10.1. The molecule has 0 amide bonds. The minimum atomic E-state index is -2.60. The van der Waals surface area contributed by atoms with E-state index in [1.807, 2.05) is 0 Å². The average molecular weight is 107 g/mol. The highest BCUT2D eigenvalue weighted by Gasteiger charge is 1.91. The number of aliphatic carboxylic acids is 1. The number of carboxylic acids is 1. The zero-order valence-electron chi connectivity index (χ0n) is 7.64. The van der Waals surface area contributed by atoms with Crippen molar-refractivity contribution in [1.82, 2.24) is 0 Å². The molecule has 0 aromatic carbocycles. The third-order valence-electron chi connectivity index (χ3n) is 0.342. The second-order valence-electron chi connectivity index (χ2n) is 0.863. The fourth-order valence-corrected chi connectivity index (χ4v) is 0.127. The van der Waals surface area contributed by atoms with Gasteiger partial charge in [-0.15, -0.1) is 0 Å². The van der Waals surface area contributed by atoms with Crippen LogP contribution in [0.25, 0.3) is 0 Å². The van der Waals surface area contributed by atoms with Gasteiger partial charge < -0.3 is 10.8 Å². The van der Waals surface area contributed by atoms with Crippen LogP contribution in [-0.4, -0.2) is 17.6 Å². The first kappa shape index (κ1) is 2.13. The summed E-state index contributed by atoms with van der Waals surface area (Å²) in [5, 5.41) is 8.21. The Morgan fingerprint density at radius 3 is 2.71 bits per heavy atom. The molecule has 0 aliphatic heterocycles. The molecule has 0 aliphatic rings. The molecule has 42 valence electrons. The van der Waals surface area contributed by atoms with Crippen LogP contribution in [0.1, 0.15) is 18.3 Å². The van der Waals surface area contributed by atoms with Gasteiger partial charge in [0, 0.05) is 11.9 Å². The Labute approximate surface area is 47.7 Å². The van der Waals surface area contributed by atoms with E-state index in [9.17, 15) is 4.79 Å². The standard InChI is InChI=1S/C4H9NO2/c5-3-1-2-4(6)7/h1-3,5H2,(H,6,7)/i2D2,3D2. The van der Waals surface area contributed by atoms with Gasteiger partial charge >= 0.3 is 5.97 Å². The highest BCUT2D eigenvalue weighted by atomic mass is 16.4. The Hall–Kier alpha value is -0.570. The van der Waals surface area contributed by atoms with E-state index in [1.165, 1.54) is 0 Å². The van der Waals surface area contributed by atoms with E-state index in [2.05, 4.69) is 0 Å². The zero-order chi connectivity index (χ0) is 9.28. The van der Waals surface area contributed by atoms with Crippen LogP contribution in [0.2, 0.25) is 0 Å². The highest BCUT2D eigenvalue weighted by molar-refractivity contribution is 5.66. The van der Waals surface area contributed by atoms with Gasteiger partial charge in [0.2, 0.25) is 0 Å². The van der Waals surface area contributed by atoms with Gasteiger partial charge in [-0.25, -0.2) is 0 Å². The predicted octanol–water partition coefficient (Wildman–Crippen LogP) is -0.190. The van der Waals surface area contributed by atoms with Gasteiger partial charge in [-0.3, -0.25) is 4.79 Å². The molecule has 0 aromatic heterocycles. The molecule has 0 bridgehead atoms. The topological polar surface area (TPSA) is 63.3 Å². The van der Waals surface area contributed by atoms with Crippen LogP contribution in [0.3, 0.4) is 0 Å². The molecule has 3 heteroatoms. The van der Waals surface area contributed by atoms with E-state index in [1.54, 1.807) is 0 Å². The third-order valence-corrected chi connectivity index (χ3v) is 0.342. The van der Waals surface area contributed by atoms with E-state index >= 15 is 0 Å². The normalized spacial score (nSPS) is 21.3. The van der Waals surface area contributed by atoms with Gasteiger partial charge in [0.15, 0.2) is 0 Å². The lowest BCUT2D eigenvalue weighted by Crippen LogP contribution is -2.02. The van der Waals surface area contributed by atoms with E-state index in [0.717, 1.165) is 0 Å². The molecule has 3 N–H and O–H groups in total. The predicted molar refractivity (Wildman–Crippen MR) is 25.9 cm³/mol. The summed E-state index contributed by atoms with van der Waals surface area (Å²) in [4.78, 5) is 10.1. The van der Waals surface area contributed by atoms with E-state index in [-0.39, 0.29) is 0 Å². The summed E-state index contributed by atoms with van der Waals surface area (Å²) in [7, 11) is 0. The number of carboxylic acid groups (broad SMARTS) is 1. The Morgan fingerprint density at radius 2 is 2.57 bits per heavy atom. The van der Waals surface area contributed by atoms with Crippen molar-refractivity contribution in [3.8, 4) is 0 Å². The molecule has 0 rings (SSSR count). The van der Waals surface area contributed by atoms with Crippen molar-refractivity contribution in [3.63, 3.8) is 0 Å². The van der Waals surface area contributed by atoms with Crippen LogP contribution >= 0.6 is 0 Å². The fraction of sp³-hybridized carbons (Fsp3) is 0.750. The average Bonchev–Trinajstić information content (AvgIpc) is 1.56. The fourth-order valence-electron chi connectivity index (χ4n) is 0.127. The van der Waals surface area contributed by atoms with Gasteiger partial charge in [0.05, 0.1) is 0 Å². The summed E-state index contributed by atoms with van der Waals surface area (Å²) >= 11 is 0. The van der Waals surface area contributed by atoms with Crippen LogP contribution in [0, 0.1) is 0 Å². The minimum absolute atomic E-state index is 0.852. The molecule has 0 saturated heterocycles. The molecule has 0 unspecified atom stereocenters. The van der Waals surface area contributed by atoms with Gasteiger partial charge in [0.1, 0.15) is 0 Å². The number of nitrogens with two attached hydrogens (primary N) is 1. The molecule has 0 fully saturated rings. The number of hydrogen-bond acceptors (Lipinski definition) is 2. The third kappa shape index (κ3) is 5.43. The van der Waals surface area contributed by atoms with Gasteiger partial charge in [-0.1, -0.05) is 0 Å². The SMILES string of the molecule is [2H]C([2H])(N)CC([2H])([2H])C(=O)O. The lowest BCUT2D eigenvalue weighted by Gasteiger charge is -1.86. The molecular formula is C4H9NO2. The molecule has 0 spiro atoms. The summed E-state index contributed by atoms with van der Waals surface area (Å²) in [6, 6.07) is 0.